The molecule has 11 heteroatoms. The number of aliphatic hydroxyl groups is 1. The zero-order valence-electron chi connectivity index (χ0n) is 22.8. The molecule has 4 amide bonds. The zero-order valence-corrected chi connectivity index (χ0v) is 24.3. The van der Waals surface area contributed by atoms with Crippen LogP contribution < -0.4 is 9.64 Å². The average Bonchev–Trinajstić information content (AvgIpc) is 3.31. The van der Waals surface area contributed by atoms with E-state index in [2.05, 4.69) is 0 Å². The van der Waals surface area contributed by atoms with Gasteiger partial charge in [0.1, 0.15) is 18.2 Å². The van der Waals surface area contributed by atoms with Crippen molar-refractivity contribution in [1.82, 2.24) is 4.90 Å². The van der Waals surface area contributed by atoms with Gasteiger partial charge in [-0.25, -0.2) is 9.29 Å². The number of aliphatic hydroxyl groups excluding tert-OH is 1. The van der Waals surface area contributed by atoms with Crippen molar-refractivity contribution in [2.24, 2.45) is 17.8 Å². The minimum absolute atomic E-state index is 0.0360. The number of benzene rings is 2. The van der Waals surface area contributed by atoms with E-state index in [0.717, 1.165) is 17.0 Å². The number of alkyl halides is 2. The van der Waals surface area contributed by atoms with Crippen molar-refractivity contribution >= 4 is 52.5 Å². The van der Waals surface area contributed by atoms with Crippen LogP contribution >= 0.6 is 23.2 Å². The van der Waals surface area contributed by atoms with Crippen LogP contribution in [0.25, 0.3) is 0 Å². The molecule has 2 saturated heterocycles. The molecule has 8 nitrogen and oxygen atoms in total. The predicted octanol–water partition coefficient (Wildman–Crippen LogP) is 4.17. The number of carbonyl (C=O) groups is 4. The molecule has 1 saturated carbocycles. The Labute approximate surface area is 252 Å². The summed E-state index contributed by atoms with van der Waals surface area (Å²) >= 11 is 14.7. The fraction of sp³-hybridized carbons (Fsp3) is 0.419. The number of nitrogens with zero attached hydrogens (tertiary/aromatic N) is 2. The lowest BCUT2D eigenvalue weighted by atomic mass is 9.56. The molecule has 6 rings (SSSR count). The highest BCUT2D eigenvalue weighted by Crippen LogP contribution is 2.66. The molecular formula is C31H29Cl2FN2O6. The molecule has 2 aromatic rings. The topological polar surface area (TPSA) is 104 Å². The number of hydrogen-bond acceptors (Lipinski definition) is 6. The molecule has 1 N–H and O–H groups in total. The lowest BCUT2D eigenvalue weighted by molar-refractivity contribution is -0.140. The smallest absolute Gasteiger partial charge is 0.258 e. The van der Waals surface area contributed by atoms with Crippen LogP contribution in [0.2, 0.25) is 0 Å². The Morgan fingerprint density at radius 1 is 1.00 bits per heavy atom. The van der Waals surface area contributed by atoms with Crippen LogP contribution in [0, 0.1) is 23.6 Å². The van der Waals surface area contributed by atoms with Crippen LogP contribution in [0.4, 0.5) is 10.1 Å². The molecule has 220 valence electrons. The van der Waals surface area contributed by atoms with E-state index in [1.54, 1.807) is 24.3 Å². The van der Waals surface area contributed by atoms with Gasteiger partial charge in [0.15, 0.2) is 9.75 Å². The predicted molar refractivity (Wildman–Crippen MR) is 153 cm³/mol. The Morgan fingerprint density at radius 2 is 1.71 bits per heavy atom. The summed E-state index contributed by atoms with van der Waals surface area (Å²) in [4.78, 5) is 53.8. The molecular weight excluding hydrogens is 586 g/mol. The van der Waals surface area contributed by atoms with Gasteiger partial charge < -0.3 is 9.84 Å². The van der Waals surface area contributed by atoms with Gasteiger partial charge in [-0.05, 0) is 55.5 Å². The van der Waals surface area contributed by atoms with E-state index in [0.29, 0.717) is 23.3 Å². The number of ether oxygens (including phenoxy) is 1. The van der Waals surface area contributed by atoms with E-state index < -0.39 is 51.1 Å². The number of likely N-dealkylation sites (tertiary alicyclic amines) is 1. The summed E-state index contributed by atoms with van der Waals surface area (Å²) in [6, 6.07) is 11.7. The first-order valence-electron chi connectivity index (χ1n) is 14.0. The van der Waals surface area contributed by atoms with Crippen LogP contribution in [0.1, 0.15) is 37.7 Å². The summed E-state index contributed by atoms with van der Waals surface area (Å²) in [6.07, 6.45) is 2.58. The number of rotatable bonds is 7. The van der Waals surface area contributed by atoms with Gasteiger partial charge in [-0.3, -0.25) is 24.1 Å². The van der Waals surface area contributed by atoms with Gasteiger partial charge in [0.05, 0.1) is 24.1 Å². The summed E-state index contributed by atoms with van der Waals surface area (Å²) in [6.45, 7) is 1.87. The molecule has 0 radical (unpaired) electrons. The Kier molecular flexibility index (Phi) is 7.19. The van der Waals surface area contributed by atoms with E-state index in [4.69, 9.17) is 27.9 Å². The largest absolute Gasteiger partial charge is 0.491 e. The molecule has 4 aliphatic rings. The van der Waals surface area contributed by atoms with Gasteiger partial charge in [-0.2, -0.15) is 0 Å². The molecule has 6 unspecified atom stereocenters. The third-order valence-electron chi connectivity index (χ3n) is 9.01. The Hall–Kier alpha value is -3.27. The fourth-order valence-corrected chi connectivity index (χ4v) is 8.19. The lowest BCUT2D eigenvalue weighted by Crippen LogP contribution is -2.60. The van der Waals surface area contributed by atoms with Gasteiger partial charge in [0.25, 0.3) is 11.8 Å². The average molecular weight is 615 g/mol. The monoisotopic (exact) mass is 614 g/mol. The summed E-state index contributed by atoms with van der Waals surface area (Å²) in [5, 5.41) is 9.45. The second-order valence-corrected chi connectivity index (χ2v) is 12.4. The summed E-state index contributed by atoms with van der Waals surface area (Å²) in [5.74, 6) is -5.39. The molecule has 0 aromatic heterocycles. The maximum atomic E-state index is 14.4. The molecule has 0 bridgehead atoms. The first-order valence-corrected chi connectivity index (χ1v) is 14.8. The Bertz CT molecular complexity index is 1510. The molecule has 42 heavy (non-hydrogen) atoms. The maximum Gasteiger partial charge on any atom is 0.258 e. The van der Waals surface area contributed by atoms with E-state index in [9.17, 15) is 28.7 Å². The number of halogens is 3. The number of hydrogen-bond donors (Lipinski definition) is 1. The van der Waals surface area contributed by atoms with Gasteiger partial charge in [0.2, 0.25) is 11.8 Å². The van der Waals surface area contributed by atoms with Crippen molar-refractivity contribution < 1.29 is 33.4 Å². The van der Waals surface area contributed by atoms with Crippen molar-refractivity contribution in [3.63, 3.8) is 0 Å². The minimum atomic E-state index is -2.05. The molecule has 2 heterocycles. The molecule has 2 aromatic carbocycles. The van der Waals surface area contributed by atoms with E-state index >= 15 is 0 Å². The van der Waals surface area contributed by atoms with E-state index in [-0.39, 0.29) is 50.1 Å². The van der Waals surface area contributed by atoms with Crippen LogP contribution in [0.15, 0.2) is 60.2 Å². The Morgan fingerprint density at radius 3 is 2.40 bits per heavy atom. The minimum Gasteiger partial charge on any atom is -0.491 e. The SMILES string of the molecule is CCCN1C(=O)C2CC=C3C(CC4(Cl)C(=O)N(c5ccc(F)cc5)C(=O)C4(Cl)C3c3ccccc3OCCO)C2C1=O. The van der Waals surface area contributed by atoms with Crippen molar-refractivity contribution in [1.29, 1.82) is 0 Å². The number of allylic oxidation sites excluding steroid dienone is 2. The first-order chi connectivity index (χ1) is 20.1. The van der Waals surface area contributed by atoms with Gasteiger partial charge in [-0.15, -0.1) is 23.2 Å². The highest BCUT2D eigenvalue weighted by atomic mass is 35.5. The number of amides is 4. The summed E-state index contributed by atoms with van der Waals surface area (Å²) in [5.41, 5.74) is 1.22. The highest BCUT2D eigenvalue weighted by molar-refractivity contribution is 6.58. The third kappa shape index (κ3) is 3.89. The summed E-state index contributed by atoms with van der Waals surface area (Å²) < 4.78 is 19.6. The molecule has 3 fully saturated rings. The molecule has 2 aliphatic carbocycles. The molecule has 6 atom stereocenters. The third-order valence-corrected chi connectivity index (χ3v) is 10.4. The first kappa shape index (κ1) is 28.8. The van der Waals surface area contributed by atoms with Crippen molar-refractivity contribution in [2.75, 3.05) is 24.7 Å². The van der Waals surface area contributed by atoms with Crippen LogP contribution in [0.5, 0.6) is 5.75 Å². The van der Waals surface area contributed by atoms with Crippen LogP contribution in [-0.4, -0.2) is 63.1 Å². The number of imide groups is 2. The van der Waals surface area contributed by atoms with Gasteiger partial charge >= 0.3 is 0 Å². The van der Waals surface area contributed by atoms with Crippen molar-refractivity contribution in [3.05, 3.63) is 71.6 Å². The van der Waals surface area contributed by atoms with E-state index in [1.165, 1.54) is 17.0 Å². The standard InChI is InChI=1S/C31H29Cl2FN2O6/c1-2-13-35-26(38)21-12-11-19-22(24(21)27(35)39)16-30(32)28(40)36(18-9-7-17(34)8-10-18)29(41)31(30,33)25(19)20-5-3-4-6-23(20)42-15-14-37/h3-11,21-22,24-25,37H,2,12-16H2,1H3. The highest BCUT2D eigenvalue weighted by Gasteiger charge is 2.76. The van der Waals surface area contributed by atoms with Crippen molar-refractivity contribution in [3.8, 4) is 5.75 Å². The number of anilines is 1. The molecule has 2 aliphatic heterocycles. The normalized spacial score (nSPS) is 32.1. The van der Waals surface area contributed by atoms with Gasteiger partial charge in [0, 0.05) is 18.0 Å². The van der Waals surface area contributed by atoms with Crippen LogP contribution in [-0.2, 0) is 19.2 Å². The quantitative estimate of drug-likeness (QED) is 0.285. The Balaban J connectivity index is 1.56. The zero-order chi connectivity index (χ0) is 30.0. The maximum absolute atomic E-state index is 14.4. The number of para-hydroxylation sites is 1. The lowest BCUT2D eigenvalue weighted by Gasteiger charge is -2.51. The van der Waals surface area contributed by atoms with Crippen molar-refractivity contribution in [2.45, 2.75) is 41.9 Å². The fourth-order valence-electron chi connectivity index (χ4n) is 7.26. The molecule has 0 spiro atoms. The van der Waals surface area contributed by atoms with Gasteiger partial charge in [-0.1, -0.05) is 36.8 Å². The van der Waals surface area contributed by atoms with E-state index in [1.807, 2.05) is 13.0 Å². The summed E-state index contributed by atoms with van der Waals surface area (Å²) in [7, 11) is 0. The second kappa shape index (κ2) is 10.5. The van der Waals surface area contributed by atoms with Crippen LogP contribution in [0.3, 0.4) is 0 Å². The second-order valence-electron chi connectivity index (χ2n) is 11.2. The number of carbonyl (C=O) groups excluding carboxylic acids is 4. The number of fused-ring (bicyclic) bond motifs is 4.